The number of aromatic nitrogens is 2. The Morgan fingerprint density at radius 3 is 2.42 bits per heavy atom. The molecular formula is C25H36N6. The molecule has 1 saturated carbocycles. The molecule has 1 aromatic carbocycles. The monoisotopic (exact) mass is 420 g/mol. The van der Waals surface area contributed by atoms with Crippen LogP contribution in [-0.2, 0) is 6.54 Å². The summed E-state index contributed by atoms with van der Waals surface area (Å²) in [7, 11) is 0. The SMILES string of the molecule is CC1(C)CC2CC(C)(CN2c2ncnc(N3CCN(Cc4ccccc4)CC3)c2N)C1. The first-order valence-electron chi connectivity index (χ1n) is 11.7. The van der Waals surface area contributed by atoms with Crippen molar-refractivity contribution in [3.05, 3.63) is 42.2 Å². The molecule has 3 heterocycles. The molecule has 6 nitrogen and oxygen atoms in total. The first-order chi connectivity index (χ1) is 14.8. The van der Waals surface area contributed by atoms with E-state index in [1.165, 1.54) is 24.8 Å². The van der Waals surface area contributed by atoms with Crippen molar-refractivity contribution in [2.75, 3.05) is 48.3 Å². The zero-order chi connectivity index (χ0) is 21.6. The van der Waals surface area contributed by atoms with E-state index < -0.39 is 0 Å². The van der Waals surface area contributed by atoms with E-state index in [0.717, 1.165) is 56.6 Å². The highest BCUT2D eigenvalue weighted by Gasteiger charge is 2.50. The Kier molecular flexibility index (Phi) is 5.08. The Morgan fingerprint density at radius 2 is 1.68 bits per heavy atom. The van der Waals surface area contributed by atoms with E-state index in [2.05, 4.69) is 75.8 Å². The fraction of sp³-hybridized carbons (Fsp3) is 0.600. The van der Waals surface area contributed by atoms with Gasteiger partial charge in [-0.2, -0.15) is 0 Å². The quantitative estimate of drug-likeness (QED) is 0.812. The van der Waals surface area contributed by atoms with Crippen LogP contribution >= 0.6 is 0 Å². The van der Waals surface area contributed by atoms with Crippen molar-refractivity contribution in [3.63, 3.8) is 0 Å². The molecule has 1 aromatic heterocycles. The number of nitrogens with zero attached hydrogens (tertiary/aromatic N) is 5. The van der Waals surface area contributed by atoms with E-state index >= 15 is 0 Å². The summed E-state index contributed by atoms with van der Waals surface area (Å²) in [6.07, 6.45) is 5.44. The molecule has 166 valence electrons. The van der Waals surface area contributed by atoms with Gasteiger partial charge in [0.15, 0.2) is 11.6 Å². The molecule has 3 fully saturated rings. The molecule has 2 bridgehead atoms. The van der Waals surface area contributed by atoms with Crippen molar-refractivity contribution >= 4 is 17.3 Å². The second-order valence-electron chi connectivity index (χ2n) is 11.0. The van der Waals surface area contributed by atoms with E-state index in [1.807, 2.05) is 0 Å². The Labute approximate surface area is 186 Å². The second kappa shape index (κ2) is 7.66. The van der Waals surface area contributed by atoms with Gasteiger partial charge in [-0.15, -0.1) is 0 Å². The fourth-order valence-electron chi connectivity index (χ4n) is 6.53. The Bertz CT molecular complexity index is 921. The largest absolute Gasteiger partial charge is 0.393 e. The number of rotatable bonds is 4. The lowest BCUT2D eigenvalue weighted by Gasteiger charge is -2.39. The minimum atomic E-state index is 0.354. The smallest absolute Gasteiger partial charge is 0.157 e. The molecule has 2 N–H and O–H groups in total. The topological polar surface area (TPSA) is 61.5 Å². The van der Waals surface area contributed by atoms with Crippen LogP contribution < -0.4 is 15.5 Å². The molecule has 0 radical (unpaired) electrons. The zero-order valence-corrected chi connectivity index (χ0v) is 19.2. The first kappa shape index (κ1) is 20.6. The fourth-order valence-corrected chi connectivity index (χ4v) is 6.53. The molecule has 2 aromatic rings. The number of hydrogen-bond acceptors (Lipinski definition) is 6. The Balaban J connectivity index is 1.30. The molecule has 2 atom stereocenters. The maximum Gasteiger partial charge on any atom is 0.157 e. The van der Waals surface area contributed by atoms with Gasteiger partial charge in [0.2, 0.25) is 0 Å². The van der Waals surface area contributed by atoms with Gasteiger partial charge in [0.1, 0.15) is 12.0 Å². The Morgan fingerprint density at radius 1 is 0.968 bits per heavy atom. The molecule has 3 aliphatic rings. The summed E-state index contributed by atoms with van der Waals surface area (Å²) in [4.78, 5) is 16.6. The number of anilines is 3. The lowest BCUT2D eigenvalue weighted by atomic mass is 9.65. The average Bonchev–Trinajstić information content (AvgIpc) is 2.98. The minimum absolute atomic E-state index is 0.354. The molecule has 1 aliphatic carbocycles. The summed E-state index contributed by atoms with van der Waals surface area (Å²) >= 11 is 0. The van der Waals surface area contributed by atoms with E-state index in [1.54, 1.807) is 6.33 Å². The van der Waals surface area contributed by atoms with Crippen LogP contribution in [0.5, 0.6) is 0 Å². The van der Waals surface area contributed by atoms with Crippen molar-refractivity contribution < 1.29 is 0 Å². The van der Waals surface area contributed by atoms with Gasteiger partial charge in [-0.3, -0.25) is 4.90 Å². The summed E-state index contributed by atoms with van der Waals surface area (Å²) in [5, 5.41) is 0. The molecule has 0 spiro atoms. The summed E-state index contributed by atoms with van der Waals surface area (Å²) in [5.74, 6) is 1.86. The number of hydrogen-bond donors (Lipinski definition) is 1. The van der Waals surface area contributed by atoms with Crippen molar-refractivity contribution in [1.29, 1.82) is 0 Å². The first-order valence-corrected chi connectivity index (χ1v) is 11.7. The average molecular weight is 421 g/mol. The molecule has 6 heteroatoms. The summed E-state index contributed by atoms with van der Waals surface area (Å²) in [6.45, 7) is 13.2. The summed E-state index contributed by atoms with van der Waals surface area (Å²) < 4.78 is 0. The summed E-state index contributed by atoms with van der Waals surface area (Å²) in [5.41, 5.74) is 9.59. The van der Waals surface area contributed by atoms with Gasteiger partial charge < -0.3 is 15.5 Å². The normalized spacial score (nSPS) is 28.2. The van der Waals surface area contributed by atoms with Gasteiger partial charge in [-0.25, -0.2) is 9.97 Å². The highest BCUT2D eigenvalue weighted by atomic mass is 15.3. The van der Waals surface area contributed by atoms with Gasteiger partial charge in [0.05, 0.1) is 0 Å². The number of nitrogen functional groups attached to an aromatic ring is 1. The zero-order valence-electron chi connectivity index (χ0n) is 19.2. The van der Waals surface area contributed by atoms with Gasteiger partial charge in [0, 0.05) is 45.3 Å². The molecule has 31 heavy (non-hydrogen) atoms. The van der Waals surface area contributed by atoms with Crippen LogP contribution in [0.2, 0.25) is 0 Å². The van der Waals surface area contributed by atoms with Crippen molar-refractivity contribution in [2.45, 2.75) is 52.6 Å². The molecule has 0 amide bonds. The maximum atomic E-state index is 6.72. The lowest BCUT2D eigenvalue weighted by Crippen LogP contribution is -2.46. The van der Waals surface area contributed by atoms with Crippen LogP contribution in [0.4, 0.5) is 17.3 Å². The number of benzene rings is 1. The number of nitrogens with two attached hydrogens (primary N) is 1. The van der Waals surface area contributed by atoms with Gasteiger partial charge >= 0.3 is 0 Å². The predicted octanol–water partition coefficient (Wildman–Crippen LogP) is 3.79. The highest BCUT2D eigenvalue weighted by molar-refractivity contribution is 5.76. The van der Waals surface area contributed by atoms with Crippen molar-refractivity contribution in [1.82, 2.24) is 14.9 Å². The highest BCUT2D eigenvalue weighted by Crippen LogP contribution is 2.54. The molecule has 5 rings (SSSR count). The standard InChI is InChI=1S/C25H36N6/c1-24(2)13-20-14-25(3,16-24)17-31(20)23-21(26)22(27-18-28-23)30-11-9-29(10-12-30)15-19-7-5-4-6-8-19/h4-8,18,20H,9-17,26H2,1-3H3. The van der Waals surface area contributed by atoms with Crippen LogP contribution in [0.15, 0.2) is 36.7 Å². The molecule has 2 aliphatic heterocycles. The number of piperazine rings is 1. The third kappa shape index (κ3) is 4.10. The Hall–Kier alpha value is -2.34. The van der Waals surface area contributed by atoms with Gasteiger partial charge in [-0.05, 0) is 35.7 Å². The molecule has 2 unspecified atom stereocenters. The summed E-state index contributed by atoms with van der Waals surface area (Å²) in [6, 6.07) is 11.2. The van der Waals surface area contributed by atoms with Gasteiger partial charge in [0.25, 0.3) is 0 Å². The van der Waals surface area contributed by atoms with Crippen LogP contribution in [0.3, 0.4) is 0 Å². The van der Waals surface area contributed by atoms with Crippen LogP contribution in [-0.4, -0.2) is 53.6 Å². The maximum absolute atomic E-state index is 6.72. The predicted molar refractivity (Wildman–Crippen MR) is 127 cm³/mol. The lowest BCUT2D eigenvalue weighted by molar-refractivity contribution is 0.136. The van der Waals surface area contributed by atoms with Crippen LogP contribution in [0.1, 0.15) is 45.6 Å². The van der Waals surface area contributed by atoms with E-state index in [-0.39, 0.29) is 0 Å². The van der Waals surface area contributed by atoms with E-state index in [0.29, 0.717) is 16.9 Å². The third-order valence-electron chi connectivity index (χ3n) is 7.45. The van der Waals surface area contributed by atoms with E-state index in [9.17, 15) is 0 Å². The van der Waals surface area contributed by atoms with E-state index in [4.69, 9.17) is 5.73 Å². The van der Waals surface area contributed by atoms with Crippen LogP contribution in [0.25, 0.3) is 0 Å². The molecule has 2 saturated heterocycles. The second-order valence-corrected chi connectivity index (χ2v) is 11.0. The van der Waals surface area contributed by atoms with Crippen molar-refractivity contribution in [2.24, 2.45) is 10.8 Å². The van der Waals surface area contributed by atoms with Crippen molar-refractivity contribution in [3.8, 4) is 0 Å². The minimum Gasteiger partial charge on any atom is -0.393 e. The van der Waals surface area contributed by atoms with Gasteiger partial charge in [-0.1, -0.05) is 51.1 Å². The van der Waals surface area contributed by atoms with Crippen LogP contribution in [0, 0.1) is 10.8 Å². The number of fused-ring (bicyclic) bond motifs is 2. The third-order valence-corrected chi connectivity index (χ3v) is 7.45. The molecular weight excluding hydrogens is 384 g/mol.